The molecule has 0 aliphatic heterocycles. The molecule has 7 rings (SSSR count). The zero-order chi connectivity index (χ0) is 34.2. The molecule has 0 bridgehead atoms. The van der Waals surface area contributed by atoms with E-state index in [-0.39, 0.29) is 16.2 Å². The average molecular weight is 627 g/mol. The molecule has 0 amide bonds. The number of rotatable bonds is 4. The molecule has 48 heavy (non-hydrogen) atoms. The highest BCUT2D eigenvalue weighted by Crippen LogP contribution is 2.54. The van der Waals surface area contributed by atoms with E-state index < -0.39 is 0 Å². The van der Waals surface area contributed by atoms with E-state index in [1.807, 2.05) is 0 Å². The molecule has 0 fully saturated rings. The quantitative estimate of drug-likeness (QED) is 0.171. The topological polar surface area (TPSA) is 0 Å². The normalized spacial score (nSPS) is 14.5. The lowest BCUT2D eigenvalue weighted by Gasteiger charge is -2.27. The van der Waals surface area contributed by atoms with Gasteiger partial charge in [-0.3, -0.25) is 0 Å². The molecule has 6 aromatic rings. The van der Waals surface area contributed by atoms with E-state index >= 15 is 0 Å². The van der Waals surface area contributed by atoms with Crippen LogP contribution in [-0.4, -0.2) is 0 Å². The molecular formula is C48H50. The van der Waals surface area contributed by atoms with Crippen molar-refractivity contribution in [3.05, 3.63) is 130 Å². The lowest BCUT2D eigenvalue weighted by Crippen LogP contribution is -2.25. The zero-order valence-corrected chi connectivity index (χ0v) is 30.4. The highest BCUT2D eigenvalue weighted by Gasteiger charge is 2.39. The minimum atomic E-state index is -0.0856. The first kappa shape index (κ1) is 32.1. The third kappa shape index (κ3) is 5.22. The van der Waals surface area contributed by atoms with E-state index in [1.165, 1.54) is 82.4 Å². The molecule has 0 nitrogen and oxygen atoms in total. The minimum Gasteiger partial charge on any atom is -0.0905 e. The lowest BCUT2D eigenvalue weighted by atomic mass is 9.76. The molecule has 0 atom stereocenters. The number of hydrogen-bond donors (Lipinski definition) is 0. The maximum Gasteiger partial charge on any atom is 0.0159 e. The fourth-order valence-electron chi connectivity index (χ4n) is 7.83. The molecule has 0 spiro atoms. The Kier molecular flexibility index (Phi) is 7.59. The van der Waals surface area contributed by atoms with E-state index in [1.54, 1.807) is 0 Å². The molecular weight excluding hydrogens is 577 g/mol. The van der Waals surface area contributed by atoms with Gasteiger partial charge in [0.1, 0.15) is 0 Å². The Bertz CT molecular complexity index is 2350. The maximum absolute atomic E-state index is 4.65. The van der Waals surface area contributed by atoms with Crippen molar-refractivity contribution in [1.82, 2.24) is 0 Å². The van der Waals surface area contributed by atoms with Crippen LogP contribution in [0.1, 0.15) is 97.4 Å². The molecule has 1 aliphatic carbocycles. The summed E-state index contributed by atoms with van der Waals surface area (Å²) >= 11 is 0. The van der Waals surface area contributed by atoms with Gasteiger partial charge in [-0.15, -0.1) is 0 Å². The van der Waals surface area contributed by atoms with Gasteiger partial charge in [0.25, 0.3) is 0 Å². The van der Waals surface area contributed by atoms with Crippen molar-refractivity contribution in [2.45, 2.75) is 91.4 Å². The number of hydrogen-bond acceptors (Lipinski definition) is 0. The van der Waals surface area contributed by atoms with Gasteiger partial charge in [0.2, 0.25) is 0 Å². The fraction of sp³-hybridized carbons (Fsp3) is 0.292. The van der Waals surface area contributed by atoms with Gasteiger partial charge in [-0.05, 0) is 123 Å². The van der Waals surface area contributed by atoms with Gasteiger partial charge < -0.3 is 0 Å². The first-order valence-corrected chi connectivity index (χ1v) is 17.8. The summed E-state index contributed by atoms with van der Waals surface area (Å²) in [5, 5.41) is 7.50. The highest BCUT2D eigenvalue weighted by atomic mass is 14.4. The number of unbranched alkanes of at least 4 members (excludes halogenated alkanes) is 1. The minimum absolute atomic E-state index is 0.0287. The molecule has 0 saturated carbocycles. The summed E-state index contributed by atoms with van der Waals surface area (Å²) < 4.78 is 0. The van der Waals surface area contributed by atoms with Crippen LogP contribution in [0, 0.1) is 0 Å². The van der Waals surface area contributed by atoms with Crippen molar-refractivity contribution in [3.63, 3.8) is 0 Å². The Hall–Kier alpha value is -4.42. The molecule has 0 heterocycles. The monoisotopic (exact) mass is 626 g/mol. The van der Waals surface area contributed by atoms with Crippen molar-refractivity contribution in [3.8, 4) is 33.4 Å². The molecule has 0 radical (unpaired) electrons. The summed E-state index contributed by atoms with van der Waals surface area (Å²) in [6, 6.07) is 37.2. The van der Waals surface area contributed by atoms with E-state index in [0.29, 0.717) is 0 Å². The van der Waals surface area contributed by atoms with E-state index in [2.05, 4.69) is 172 Å². The van der Waals surface area contributed by atoms with Crippen molar-refractivity contribution in [2.75, 3.05) is 0 Å². The first-order chi connectivity index (χ1) is 22.7. The van der Waals surface area contributed by atoms with Crippen molar-refractivity contribution >= 4 is 34.2 Å². The Balaban J connectivity index is 1.44. The first-order valence-electron chi connectivity index (χ1n) is 17.8. The van der Waals surface area contributed by atoms with Crippen LogP contribution in [0.3, 0.4) is 0 Å². The Morgan fingerprint density at radius 3 is 1.94 bits per heavy atom. The van der Waals surface area contributed by atoms with Crippen LogP contribution in [-0.2, 0) is 16.2 Å². The van der Waals surface area contributed by atoms with Crippen LogP contribution in [0.2, 0.25) is 0 Å². The molecule has 0 N–H and O–H groups in total. The summed E-state index contributed by atoms with van der Waals surface area (Å²) in [5.74, 6) is 0. The van der Waals surface area contributed by atoms with Gasteiger partial charge in [0, 0.05) is 5.41 Å². The SMILES string of the molecule is C=c1/c(=C\CCC)c2ccccc2c2ccc(-c3cccc(-c4cc(C(C)(C)C)cc5c4-c4ccc(C(C)(C)C)cc4C5(C)C)c3)cc12. The number of benzene rings is 6. The van der Waals surface area contributed by atoms with Crippen molar-refractivity contribution < 1.29 is 0 Å². The predicted octanol–water partition coefficient (Wildman–Crippen LogP) is 12.2. The van der Waals surface area contributed by atoms with Crippen LogP contribution in [0.15, 0.2) is 97.1 Å². The van der Waals surface area contributed by atoms with Gasteiger partial charge in [0.15, 0.2) is 0 Å². The average Bonchev–Trinajstić information content (AvgIpc) is 3.29. The van der Waals surface area contributed by atoms with E-state index in [9.17, 15) is 0 Å². The predicted molar refractivity (Wildman–Crippen MR) is 211 cm³/mol. The summed E-state index contributed by atoms with van der Waals surface area (Å²) in [5.41, 5.74) is 13.5. The van der Waals surface area contributed by atoms with Crippen LogP contribution in [0.5, 0.6) is 0 Å². The van der Waals surface area contributed by atoms with E-state index in [0.717, 1.165) is 18.1 Å². The van der Waals surface area contributed by atoms with Gasteiger partial charge in [-0.25, -0.2) is 0 Å². The second-order valence-electron chi connectivity index (χ2n) is 16.6. The zero-order valence-electron chi connectivity index (χ0n) is 30.4. The summed E-state index contributed by atoms with van der Waals surface area (Å²) in [4.78, 5) is 0. The highest BCUT2D eigenvalue weighted by molar-refractivity contribution is 6.09. The standard InChI is InChI=1S/C48H50/c1-11-12-18-36-30(2)41-26-32(21-23-39(41)38-20-14-13-19-37(36)38)31-16-15-17-33(25-31)42-27-35(47(6,7)8)29-44-45(42)40-24-22-34(46(3,4)5)28-43(40)48(44,9)10/h13-29H,2,11-12H2,1,3-10H3/b36-18+. The van der Waals surface area contributed by atoms with Gasteiger partial charge >= 0.3 is 0 Å². The molecule has 6 aromatic carbocycles. The molecule has 0 heteroatoms. The van der Waals surface area contributed by atoms with Gasteiger partial charge in [-0.2, -0.15) is 0 Å². The second kappa shape index (κ2) is 11.3. The lowest BCUT2D eigenvalue weighted by molar-refractivity contribution is 0.580. The molecule has 0 saturated heterocycles. The smallest absolute Gasteiger partial charge is 0.0159 e. The summed E-state index contributed by atoms with van der Waals surface area (Å²) in [6.07, 6.45) is 4.55. The Morgan fingerprint density at radius 2 is 1.23 bits per heavy atom. The molecule has 242 valence electrons. The van der Waals surface area contributed by atoms with Crippen LogP contribution in [0.25, 0.3) is 67.6 Å². The number of fused-ring (bicyclic) bond motifs is 6. The maximum atomic E-state index is 4.65. The molecule has 0 aromatic heterocycles. The summed E-state index contributed by atoms with van der Waals surface area (Å²) in [6.45, 7) is 25.7. The fourth-order valence-corrected chi connectivity index (χ4v) is 7.83. The third-order valence-electron chi connectivity index (χ3n) is 10.8. The Morgan fingerprint density at radius 1 is 0.583 bits per heavy atom. The van der Waals surface area contributed by atoms with Gasteiger partial charge in [0.05, 0.1) is 0 Å². The second-order valence-corrected chi connectivity index (χ2v) is 16.6. The van der Waals surface area contributed by atoms with E-state index in [4.69, 9.17) is 0 Å². The van der Waals surface area contributed by atoms with Crippen LogP contribution >= 0.6 is 0 Å². The Labute approximate surface area is 287 Å². The van der Waals surface area contributed by atoms with Crippen molar-refractivity contribution in [2.24, 2.45) is 0 Å². The van der Waals surface area contributed by atoms with Gasteiger partial charge in [-0.1, -0.05) is 160 Å². The largest absolute Gasteiger partial charge is 0.0905 e. The van der Waals surface area contributed by atoms with Crippen LogP contribution in [0.4, 0.5) is 0 Å². The molecule has 1 aliphatic rings. The van der Waals surface area contributed by atoms with Crippen LogP contribution < -0.4 is 10.4 Å². The summed E-state index contributed by atoms with van der Waals surface area (Å²) in [7, 11) is 0. The third-order valence-corrected chi connectivity index (χ3v) is 10.8. The van der Waals surface area contributed by atoms with Crippen molar-refractivity contribution in [1.29, 1.82) is 0 Å². The molecule has 0 unspecified atom stereocenters.